The number of hydrogen-bond donors (Lipinski definition) is 1. The summed E-state index contributed by atoms with van der Waals surface area (Å²) in [4.78, 5) is 1.08. The van der Waals surface area contributed by atoms with Gasteiger partial charge in [0.25, 0.3) is 0 Å². The lowest BCUT2D eigenvalue weighted by atomic mass is 10.3. The Hall–Kier alpha value is -0.380. The van der Waals surface area contributed by atoms with E-state index in [0.717, 1.165) is 22.9 Å². The number of benzene rings is 1. The molecule has 84 valence electrons. The van der Waals surface area contributed by atoms with E-state index in [0.29, 0.717) is 10.9 Å². The highest BCUT2D eigenvalue weighted by molar-refractivity contribution is 8.00. The minimum atomic E-state index is 0.492. The predicted octanol–water partition coefficient (Wildman–Crippen LogP) is 3.44. The summed E-state index contributed by atoms with van der Waals surface area (Å²) >= 11 is 7.83. The average molecular weight is 246 g/mol. The lowest BCUT2D eigenvalue weighted by molar-refractivity contribution is 0.195. The van der Waals surface area contributed by atoms with E-state index in [1.54, 1.807) is 24.9 Å². The summed E-state index contributed by atoms with van der Waals surface area (Å²) in [5.41, 5.74) is 6.33. The summed E-state index contributed by atoms with van der Waals surface area (Å²) in [7, 11) is 1.72. The normalized spacial score (nSPS) is 12.7. The number of nitrogens with two attached hydrogens (primary N) is 1. The molecule has 0 bridgehead atoms. The maximum atomic E-state index is 6.08. The minimum absolute atomic E-state index is 0.492. The molecular formula is C11H16ClNOS. The Balaban J connectivity index is 2.56. The van der Waals surface area contributed by atoms with Crippen LogP contribution in [0.15, 0.2) is 23.1 Å². The van der Waals surface area contributed by atoms with Gasteiger partial charge in [-0.15, -0.1) is 11.8 Å². The Kier molecular flexibility index (Phi) is 5.29. The molecule has 0 saturated carbocycles. The standard InChI is InChI=1S/C11H16ClNOS/c1-8(5-6-14-2)15-11-4-3-9(13)7-10(11)12/h3-4,7-8H,5-6,13H2,1-2H3. The third-order valence-corrected chi connectivity index (χ3v) is 3.69. The highest BCUT2D eigenvalue weighted by Crippen LogP contribution is 2.32. The van der Waals surface area contributed by atoms with Crippen molar-refractivity contribution in [3.63, 3.8) is 0 Å². The molecule has 0 saturated heterocycles. The molecule has 0 radical (unpaired) electrons. The van der Waals surface area contributed by atoms with Crippen LogP contribution in [-0.4, -0.2) is 19.0 Å². The molecular weight excluding hydrogens is 230 g/mol. The van der Waals surface area contributed by atoms with Gasteiger partial charge in [0.1, 0.15) is 0 Å². The molecule has 4 heteroatoms. The first-order valence-electron chi connectivity index (χ1n) is 4.84. The Morgan fingerprint density at radius 1 is 1.53 bits per heavy atom. The van der Waals surface area contributed by atoms with Gasteiger partial charge in [-0.25, -0.2) is 0 Å². The summed E-state index contributed by atoms with van der Waals surface area (Å²) < 4.78 is 5.03. The zero-order chi connectivity index (χ0) is 11.3. The molecule has 15 heavy (non-hydrogen) atoms. The monoisotopic (exact) mass is 245 g/mol. The molecule has 0 heterocycles. The number of methoxy groups -OCH3 is 1. The first kappa shape index (κ1) is 12.7. The van der Waals surface area contributed by atoms with Crippen molar-refractivity contribution in [1.29, 1.82) is 0 Å². The third kappa shape index (κ3) is 4.33. The molecule has 2 N–H and O–H groups in total. The van der Waals surface area contributed by atoms with Crippen LogP contribution in [0, 0.1) is 0 Å². The molecule has 1 rings (SSSR count). The average Bonchev–Trinajstić information content (AvgIpc) is 2.19. The van der Waals surface area contributed by atoms with E-state index in [1.165, 1.54) is 0 Å². The predicted molar refractivity (Wildman–Crippen MR) is 67.7 cm³/mol. The first-order chi connectivity index (χ1) is 7.13. The van der Waals surface area contributed by atoms with E-state index < -0.39 is 0 Å². The summed E-state index contributed by atoms with van der Waals surface area (Å²) in [5.74, 6) is 0. The number of anilines is 1. The van der Waals surface area contributed by atoms with E-state index in [-0.39, 0.29) is 0 Å². The molecule has 1 aromatic rings. The molecule has 1 atom stereocenters. The van der Waals surface area contributed by atoms with Crippen LogP contribution in [0.5, 0.6) is 0 Å². The molecule has 0 fully saturated rings. The molecule has 0 aromatic heterocycles. The quantitative estimate of drug-likeness (QED) is 0.638. The largest absolute Gasteiger partial charge is 0.399 e. The van der Waals surface area contributed by atoms with Crippen molar-refractivity contribution in [2.75, 3.05) is 19.5 Å². The Morgan fingerprint density at radius 3 is 2.87 bits per heavy atom. The lowest BCUT2D eigenvalue weighted by Crippen LogP contribution is -2.01. The number of hydrogen-bond acceptors (Lipinski definition) is 3. The van der Waals surface area contributed by atoms with E-state index in [1.807, 2.05) is 12.1 Å². The number of ether oxygens (including phenoxy) is 1. The van der Waals surface area contributed by atoms with Crippen molar-refractivity contribution in [1.82, 2.24) is 0 Å². The van der Waals surface area contributed by atoms with Crippen LogP contribution in [-0.2, 0) is 4.74 Å². The summed E-state index contributed by atoms with van der Waals surface area (Å²) in [6.07, 6.45) is 1.02. The fourth-order valence-corrected chi connectivity index (χ4v) is 2.46. The van der Waals surface area contributed by atoms with Crippen molar-refractivity contribution in [3.8, 4) is 0 Å². The fourth-order valence-electron chi connectivity index (χ4n) is 1.17. The molecule has 0 amide bonds. The molecule has 2 nitrogen and oxygen atoms in total. The van der Waals surface area contributed by atoms with Gasteiger partial charge in [0, 0.05) is 29.5 Å². The summed E-state index contributed by atoms with van der Waals surface area (Å²) in [6, 6.07) is 5.62. The Bertz CT molecular complexity index is 319. The van der Waals surface area contributed by atoms with Crippen LogP contribution in [0.3, 0.4) is 0 Å². The van der Waals surface area contributed by atoms with Crippen molar-refractivity contribution >= 4 is 29.1 Å². The van der Waals surface area contributed by atoms with Gasteiger partial charge in [0.05, 0.1) is 5.02 Å². The van der Waals surface area contributed by atoms with Crippen LogP contribution in [0.2, 0.25) is 5.02 Å². The van der Waals surface area contributed by atoms with Crippen molar-refractivity contribution in [2.24, 2.45) is 0 Å². The van der Waals surface area contributed by atoms with Gasteiger partial charge in [-0.05, 0) is 24.6 Å². The van der Waals surface area contributed by atoms with Crippen LogP contribution in [0.25, 0.3) is 0 Å². The van der Waals surface area contributed by atoms with Gasteiger partial charge >= 0.3 is 0 Å². The van der Waals surface area contributed by atoms with Crippen LogP contribution >= 0.6 is 23.4 Å². The van der Waals surface area contributed by atoms with E-state index >= 15 is 0 Å². The number of thioether (sulfide) groups is 1. The van der Waals surface area contributed by atoms with Crippen LogP contribution < -0.4 is 5.73 Å². The first-order valence-corrected chi connectivity index (χ1v) is 6.10. The number of nitrogen functional groups attached to an aromatic ring is 1. The smallest absolute Gasteiger partial charge is 0.0562 e. The molecule has 0 aliphatic heterocycles. The SMILES string of the molecule is COCCC(C)Sc1ccc(N)cc1Cl. The summed E-state index contributed by atoms with van der Waals surface area (Å²) in [6.45, 7) is 2.94. The molecule has 1 aromatic carbocycles. The fraction of sp³-hybridized carbons (Fsp3) is 0.455. The highest BCUT2D eigenvalue weighted by atomic mass is 35.5. The number of halogens is 1. The van der Waals surface area contributed by atoms with Gasteiger partial charge in [-0.1, -0.05) is 18.5 Å². The zero-order valence-corrected chi connectivity index (χ0v) is 10.6. The van der Waals surface area contributed by atoms with Crippen molar-refractivity contribution in [3.05, 3.63) is 23.2 Å². The van der Waals surface area contributed by atoms with E-state index in [9.17, 15) is 0 Å². The van der Waals surface area contributed by atoms with Crippen molar-refractivity contribution < 1.29 is 4.74 Å². The van der Waals surface area contributed by atoms with Gasteiger partial charge in [-0.3, -0.25) is 0 Å². The molecule has 1 unspecified atom stereocenters. The second-order valence-electron chi connectivity index (χ2n) is 3.40. The highest BCUT2D eigenvalue weighted by Gasteiger charge is 2.07. The Morgan fingerprint density at radius 2 is 2.27 bits per heavy atom. The van der Waals surface area contributed by atoms with E-state index in [4.69, 9.17) is 22.1 Å². The van der Waals surface area contributed by atoms with Gasteiger partial charge < -0.3 is 10.5 Å². The number of rotatable bonds is 5. The van der Waals surface area contributed by atoms with Crippen LogP contribution in [0.1, 0.15) is 13.3 Å². The third-order valence-electron chi connectivity index (χ3n) is 2.01. The maximum absolute atomic E-state index is 6.08. The second kappa shape index (κ2) is 6.26. The molecule has 0 aliphatic rings. The van der Waals surface area contributed by atoms with Gasteiger partial charge in [-0.2, -0.15) is 0 Å². The minimum Gasteiger partial charge on any atom is -0.399 e. The van der Waals surface area contributed by atoms with Gasteiger partial charge in [0.15, 0.2) is 0 Å². The molecule has 0 spiro atoms. The zero-order valence-electron chi connectivity index (χ0n) is 9.00. The van der Waals surface area contributed by atoms with Crippen molar-refractivity contribution in [2.45, 2.75) is 23.5 Å². The maximum Gasteiger partial charge on any atom is 0.0562 e. The summed E-state index contributed by atoms with van der Waals surface area (Å²) in [5, 5.41) is 1.22. The molecule has 0 aliphatic carbocycles. The van der Waals surface area contributed by atoms with E-state index in [2.05, 4.69) is 6.92 Å². The second-order valence-corrected chi connectivity index (χ2v) is 5.29. The van der Waals surface area contributed by atoms with Gasteiger partial charge in [0.2, 0.25) is 0 Å². The Labute approximate surface area is 100 Å². The topological polar surface area (TPSA) is 35.2 Å². The van der Waals surface area contributed by atoms with Crippen LogP contribution in [0.4, 0.5) is 5.69 Å². The lowest BCUT2D eigenvalue weighted by Gasteiger charge is -2.11.